The molecule has 3 heterocycles. The van der Waals surface area contributed by atoms with Gasteiger partial charge in [0.05, 0.1) is 35.1 Å². The van der Waals surface area contributed by atoms with E-state index in [1.165, 1.54) is 16.8 Å². The van der Waals surface area contributed by atoms with Gasteiger partial charge in [-0.15, -0.1) is 0 Å². The van der Waals surface area contributed by atoms with Crippen LogP contribution in [0.15, 0.2) is 60.9 Å². The van der Waals surface area contributed by atoms with Crippen LogP contribution >= 0.6 is 11.6 Å². The summed E-state index contributed by atoms with van der Waals surface area (Å²) >= 11 is 6.22. The molecule has 2 aromatic carbocycles. The Bertz CT molecular complexity index is 1340. The van der Waals surface area contributed by atoms with Crippen LogP contribution in [-0.4, -0.2) is 55.2 Å². The zero-order chi connectivity index (χ0) is 23.9. The van der Waals surface area contributed by atoms with E-state index in [0.717, 1.165) is 16.8 Å². The predicted molar refractivity (Wildman–Crippen MR) is 133 cm³/mol. The molecule has 176 valence electrons. The van der Waals surface area contributed by atoms with Gasteiger partial charge in [0, 0.05) is 30.6 Å². The first kappa shape index (κ1) is 22.6. The molecular formula is C24H24ClN5O3S. The SMILES string of the molecule is CS(=O)(=O)N1CC2(CCN(C(=O)Nc3cnc(-c4ccccc4Cl)cn3)CC2)c2ccccc21. The van der Waals surface area contributed by atoms with Gasteiger partial charge in [-0.3, -0.25) is 14.6 Å². The van der Waals surface area contributed by atoms with E-state index < -0.39 is 10.0 Å². The highest BCUT2D eigenvalue weighted by molar-refractivity contribution is 7.92. The fourth-order valence-corrected chi connectivity index (χ4v) is 6.07. The number of para-hydroxylation sites is 1. The quantitative estimate of drug-likeness (QED) is 0.586. The van der Waals surface area contributed by atoms with Crippen LogP contribution in [0, 0.1) is 0 Å². The lowest BCUT2D eigenvalue weighted by Gasteiger charge is -2.39. The van der Waals surface area contributed by atoms with Crippen LogP contribution in [-0.2, 0) is 15.4 Å². The number of carbonyl (C=O) groups excluding carboxylic acids is 1. The molecule has 0 radical (unpaired) electrons. The molecule has 3 aromatic rings. The van der Waals surface area contributed by atoms with Gasteiger partial charge >= 0.3 is 6.03 Å². The minimum atomic E-state index is -3.37. The van der Waals surface area contributed by atoms with Crippen molar-refractivity contribution in [3.05, 3.63) is 71.5 Å². The summed E-state index contributed by atoms with van der Waals surface area (Å²) in [7, 11) is -3.37. The largest absolute Gasteiger partial charge is 0.324 e. The van der Waals surface area contributed by atoms with E-state index in [1.54, 1.807) is 17.2 Å². The molecule has 1 aromatic heterocycles. The number of aromatic nitrogens is 2. The monoisotopic (exact) mass is 497 g/mol. The molecule has 0 unspecified atom stereocenters. The standard InChI is InChI=1S/C24H24ClN5O3S/c1-34(32,33)30-16-24(18-7-3-5-9-21(18)30)10-12-29(13-11-24)23(31)28-22-15-26-20(14-27-22)17-6-2-4-8-19(17)25/h2-9,14-15H,10-13,16H2,1H3,(H,27,28,31). The summed E-state index contributed by atoms with van der Waals surface area (Å²) < 4.78 is 26.2. The smallest absolute Gasteiger partial charge is 0.323 e. The number of likely N-dealkylation sites (tertiary alicyclic amines) is 1. The predicted octanol–water partition coefficient (Wildman–Crippen LogP) is 4.14. The second-order valence-electron chi connectivity index (χ2n) is 8.75. The average molecular weight is 498 g/mol. The maximum Gasteiger partial charge on any atom is 0.323 e. The Balaban J connectivity index is 1.26. The number of nitrogens with one attached hydrogen (secondary N) is 1. The van der Waals surface area contributed by atoms with Crippen molar-refractivity contribution in [3.63, 3.8) is 0 Å². The van der Waals surface area contributed by atoms with Crippen LogP contribution in [0.2, 0.25) is 5.02 Å². The van der Waals surface area contributed by atoms with E-state index >= 15 is 0 Å². The normalized spacial score (nSPS) is 17.0. The number of rotatable bonds is 3. The summed E-state index contributed by atoms with van der Waals surface area (Å²) in [5.41, 5.74) is 2.90. The lowest BCUT2D eigenvalue weighted by atomic mass is 9.74. The first-order valence-corrected chi connectivity index (χ1v) is 13.2. The van der Waals surface area contributed by atoms with Gasteiger partial charge in [0.25, 0.3) is 0 Å². The Hall–Kier alpha value is -3.17. The topological polar surface area (TPSA) is 95.5 Å². The van der Waals surface area contributed by atoms with Crippen molar-refractivity contribution in [2.24, 2.45) is 0 Å². The number of carbonyl (C=O) groups is 1. The van der Waals surface area contributed by atoms with E-state index in [2.05, 4.69) is 15.3 Å². The van der Waals surface area contributed by atoms with E-state index in [-0.39, 0.29) is 11.4 Å². The first-order chi connectivity index (χ1) is 16.3. The van der Waals surface area contributed by atoms with E-state index in [1.807, 2.05) is 42.5 Å². The summed E-state index contributed by atoms with van der Waals surface area (Å²) in [6, 6.07) is 14.8. The molecular weight excluding hydrogens is 474 g/mol. The number of nitrogens with zero attached hydrogens (tertiary/aromatic N) is 4. The Morgan fingerprint density at radius 2 is 1.74 bits per heavy atom. The van der Waals surface area contributed by atoms with Gasteiger partial charge in [-0.05, 0) is 30.5 Å². The van der Waals surface area contributed by atoms with Gasteiger partial charge in [0.2, 0.25) is 10.0 Å². The van der Waals surface area contributed by atoms with E-state index in [4.69, 9.17) is 11.6 Å². The highest BCUT2D eigenvalue weighted by atomic mass is 35.5. The number of fused-ring (bicyclic) bond motifs is 2. The molecule has 0 atom stereocenters. The third kappa shape index (κ3) is 4.10. The van der Waals surface area contributed by atoms with E-state index in [9.17, 15) is 13.2 Å². The van der Waals surface area contributed by atoms with Crippen molar-refractivity contribution < 1.29 is 13.2 Å². The zero-order valence-corrected chi connectivity index (χ0v) is 20.2. The van der Waals surface area contributed by atoms with Crippen LogP contribution in [0.4, 0.5) is 16.3 Å². The number of hydrogen-bond acceptors (Lipinski definition) is 5. The maximum atomic E-state index is 12.9. The molecule has 1 saturated heterocycles. The van der Waals surface area contributed by atoms with Gasteiger partial charge in [0.15, 0.2) is 5.82 Å². The molecule has 2 aliphatic heterocycles. The van der Waals surface area contributed by atoms with Crippen molar-refractivity contribution >= 4 is 39.2 Å². The molecule has 10 heteroatoms. The zero-order valence-electron chi connectivity index (χ0n) is 18.6. The number of urea groups is 1. The summed E-state index contributed by atoms with van der Waals surface area (Å²) in [4.78, 5) is 23.3. The highest BCUT2D eigenvalue weighted by Crippen LogP contribution is 2.47. The molecule has 5 rings (SSSR count). The lowest BCUT2D eigenvalue weighted by Crippen LogP contribution is -2.48. The molecule has 8 nitrogen and oxygen atoms in total. The Morgan fingerprint density at radius 3 is 2.41 bits per heavy atom. The first-order valence-electron chi connectivity index (χ1n) is 11.0. The summed E-state index contributed by atoms with van der Waals surface area (Å²) in [5, 5.41) is 3.39. The number of benzene rings is 2. The molecule has 1 fully saturated rings. The van der Waals surface area contributed by atoms with Gasteiger partial charge < -0.3 is 4.90 Å². The fourth-order valence-electron chi connectivity index (χ4n) is 4.84. The third-order valence-electron chi connectivity index (χ3n) is 6.64. The number of halogens is 1. The Morgan fingerprint density at radius 1 is 1.03 bits per heavy atom. The molecule has 0 bridgehead atoms. The second-order valence-corrected chi connectivity index (χ2v) is 11.1. The summed E-state index contributed by atoms with van der Waals surface area (Å²) in [5.74, 6) is 0.357. The van der Waals surface area contributed by atoms with E-state index in [0.29, 0.717) is 49.0 Å². The minimum absolute atomic E-state index is 0.249. The minimum Gasteiger partial charge on any atom is -0.324 e. The Kier molecular flexibility index (Phi) is 5.69. The molecule has 1 spiro atoms. The van der Waals surface area contributed by atoms with Crippen molar-refractivity contribution in [1.82, 2.24) is 14.9 Å². The summed E-state index contributed by atoms with van der Waals surface area (Å²) in [6.07, 6.45) is 5.70. The van der Waals surface area contributed by atoms with Crippen molar-refractivity contribution in [1.29, 1.82) is 0 Å². The molecule has 2 aliphatic rings. The number of piperidine rings is 1. The van der Waals surface area contributed by atoms with Gasteiger partial charge in [-0.1, -0.05) is 48.0 Å². The maximum absolute atomic E-state index is 12.9. The van der Waals surface area contributed by atoms with Crippen molar-refractivity contribution in [2.45, 2.75) is 18.3 Å². The average Bonchev–Trinajstić information content (AvgIpc) is 3.15. The molecule has 0 aliphatic carbocycles. The number of sulfonamides is 1. The Labute approximate surface area is 203 Å². The van der Waals surface area contributed by atoms with Gasteiger partial charge in [0.1, 0.15) is 0 Å². The van der Waals surface area contributed by atoms with Crippen LogP contribution < -0.4 is 9.62 Å². The van der Waals surface area contributed by atoms with Crippen LogP contribution in [0.1, 0.15) is 18.4 Å². The van der Waals surface area contributed by atoms with Crippen molar-refractivity contribution in [2.75, 3.05) is 35.5 Å². The lowest BCUT2D eigenvalue weighted by molar-refractivity contribution is 0.173. The van der Waals surface area contributed by atoms with Crippen molar-refractivity contribution in [3.8, 4) is 11.3 Å². The second kappa shape index (κ2) is 8.56. The van der Waals surface area contributed by atoms with Crippen LogP contribution in [0.25, 0.3) is 11.3 Å². The molecule has 34 heavy (non-hydrogen) atoms. The highest BCUT2D eigenvalue weighted by Gasteiger charge is 2.47. The van der Waals surface area contributed by atoms with Gasteiger partial charge in [-0.25, -0.2) is 18.2 Å². The molecule has 0 saturated carbocycles. The third-order valence-corrected chi connectivity index (χ3v) is 8.09. The van der Waals surface area contributed by atoms with Gasteiger partial charge in [-0.2, -0.15) is 0 Å². The number of hydrogen-bond donors (Lipinski definition) is 1. The van der Waals surface area contributed by atoms with Crippen LogP contribution in [0.3, 0.4) is 0 Å². The van der Waals surface area contributed by atoms with Crippen LogP contribution in [0.5, 0.6) is 0 Å². The fraction of sp³-hybridized carbons (Fsp3) is 0.292. The number of amides is 2. The molecule has 2 amide bonds. The number of anilines is 2. The molecule has 1 N–H and O–H groups in total. The summed E-state index contributed by atoms with van der Waals surface area (Å²) in [6.45, 7) is 1.45.